The number of rotatable bonds is 5. The molecule has 1 amide bonds. The van der Waals surface area contributed by atoms with E-state index < -0.39 is 0 Å². The smallest absolute Gasteiger partial charge is 0.236 e. The van der Waals surface area contributed by atoms with Crippen molar-refractivity contribution in [3.63, 3.8) is 0 Å². The summed E-state index contributed by atoms with van der Waals surface area (Å²) in [6.07, 6.45) is -0.172. The molecule has 2 aliphatic heterocycles. The summed E-state index contributed by atoms with van der Waals surface area (Å²) in [4.78, 5) is 18.7. The summed E-state index contributed by atoms with van der Waals surface area (Å²) < 4.78 is 24.8. The number of anilines is 1. The van der Waals surface area contributed by atoms with Crippen LogP contribution in [0.4, 0.5) is 10.1 Å². The van der Waals surface area contributed by atoms with Gasteiger partial charge in [-0.3, -0.25) is 9.69 Å². The van der Waals surface area contributed by atoms with Gasteiger partial charge in [0.15, 0.2) is 17.6 Å². The minimum Gasteiger partial charge on any atom is -0.486 e. The van der Waals surface area contributed by atoms with Gasteiger partial charge in [0, 0.05) is 38.9 Å². The summed E-state index contributed by atoms with van der Waals surface area (Å²) in [5, 5.41) is 0. The zero-order valence-corrected chi connectivity index (χ0v) is 16.6. The number of para-hydroxylation sites is 2. The third-order valence-corrected chi connectivity index (χ3v) is 5.39. The predicted octanol–water partition coefficient (Wildman–Crippen LogP) is 2.25. The zero-order chi connectivity index (χ0) is 20.2. The molecule has 6 nitrogen and oxygen atoms in total. The first-order valence-corrected chi connectivity index (χ1v) is 9.94. The van der Waals surface area contributed by atoms with E-state index in [1.54, 1.807) is 24.1 Å². The van der Waals surface area contributed by atoms with Crippen LogP contribution >= 0.6 is 0 Å². The topological polar surface area (TPSA) is 45.3 Å². The Labute approximate surface area is 170 Å². The van der Waals surface area contributed by atoms with Crippen molar-refractivity contribution in [1.82, 2.24) is 9.80 Å². The highest BCUT2D eigenvalue weighted by Gasteiger charge is 2.25. The van der Waals surface area contributed by atoms with Crippen LogP contribution in [0.1, 0.15) is 0 Å². The third-order valence-electron chi connectivity index (χ3n) is 5.39. The van der Waals surface area contributed by atoms with Crippen LogP contribution in [0.5, 0.6) is 11.5 Å². The molecule has 154 valence electrons. The number of fused-ring (bicyclic) bond motifs is 1. The van der Waals surface area contributed by atoms with Gasteiger partial charge in [-0.15, -0.1) is 0 Å². The largest absolute Gasteiger partial charge is 0.486 e. The maximum absolute atomic E-state index is 13.1. The first-order chi connectivity index (χ1) is 14.1. The van der Waals surface area contributed by atoms with Crippen LogP contribution in [0.2, 0.25) is 0 Å². The fourth-order valence-corrected chi connectivity index (χ4v) is 3.69. The van der Waals surface area contributed by atoms with Crippen molar-refractivity contribution in [2.75, 3.05) is 57.8 Å². The molecule has 7 heteroatoms. The van der Waals surface area contributed by atoms with E-state index in [2.05, 4.69) is 9.80 Å². The second kappa shape index (κ2) is 8.69. The summed E-state index contributed by atoms with van der Waals surface area (Å²) in [5.74, 6) is 1.32. The van der Waals surface area contributed by atoms with Gasteiger partial charge < -0.3 is 19.3 Å². The highest BCUT2D eigenvalue weighted by Crippen LogP contribution is 2.31. The molecule has 0 unspecified atom stereocenters. The molecular weight excluding hydrogens is 373 g/mol. The zero-order valence-electron chi connectivity index (χ0n) is 16.6. The fraction of sp³-hybridized carbons (Fsp3) is 0.409. The highest BCUT2D eigenvalue weighted by molar-refractivity contribution is 5.78. The van der Waals surface area contributed by atoms with Crippen molar-refractivity contribution in [2.45, 2.75) is 6.10 Å². The Morgan fingerprint density at radius 2 is 1.76 bits per heavy atom. The number of carbonyl (C=O) groups is 1. The fourth-order valence-electron chi connectivity index (χ4n) is 3.69. The maximum atomic E-state index is 13.1. The van der Waals surface area contributed by atoms with Gasteiger partial charge in [0.25, 0.3) is 0 Å². The van der Waals surface area contributed by atoms with Crippen molar-refractivity contribution in [3.8, 4) is 11.5 Å². The molecule has 0 saturated carbocycles. The van der Waals surface area contributed by atoms with E-state index in [1.807, 2.05) is 24.3 Å². The number of ether oxygens (including phenoxy) is 2. The van der Waals surface area contributed by atoms with E-state index in [0.717, 1.165) is 43.4 Å². The standard InChI is InChI=1S/C22H26FN3O3/c1-24(14-19-16-28-20-4-2-3-5-21(20)29-19)22(27)15-25-10-12-26(13-11-25)18-8-6-17(23)7-9-18/h2-9,19H,10-16H2,1H3/t19-/m0/s1. The number of halogens is 1. The molecular formula is C22H26FN3O3. The van der Waals surface area contributed by atoms with Crippen molar-refractivity contribution < 1.29 is 18.7 Å². The molecule has 1 atom stereocenters. The van der Waals surface area contributed by atoms with Gasteiger partial charge in [-0.05, 0) is 36.4 Å². The Morgan fingerprint density at radius 1 is 1.07 bits per heavy atom. The van der Waals surface area contributed by atoms with Crippen molar-refractivity contribution in [1.29, 1.82) is 0 Å². The van der Waals surface area contributed by atoms with Crippen LogP contribution in [0, 0.1) is 5.82 Å². The van der Waals surface area contributed by atoms with Crippen molar-refractivity contribution in [3.05, 3.63) is 54.3 Å². The molecule has 1 saturated heterocycles. The van der Waals surface area contributed by atoms with Crippen LogP contribution in [0.15, 0.2) is 48.5 Å². The minimum absolute atomic E-state index is 0.0719. The van der Waals surface area contributed by atoms with Crippen molar-refractivity contribution in [2.24, 2.45) is 0 Å². The highest BCUT2D eigenvalue weighted by atomic mass is 19.1. The van der Waals surface area contributed by atoms with E-state index in [1.165, 1.54) is 12.1 Å². The number of hydrogen-bond acceptors (Lipinski definition) is 5. The van der Waals surface area contributed by atoms with Crippen LogP contribution in [0.3, 0.4) is 0 Å². The molecule has 0 aliphatic carbocycles. The van der Waals surface area contributed by atoms with Gasteiger partial charge in [-0.1, -0.05) is 12.1 Å². The number of piperazine rings is 1. The van der Waals surface area contributed by atoms with Crippen LogP contribution in [0.25, 0.3) is 0 Å². The average Bonchev–Trinajstić information content (AvgIpc) is 2.75. The third kappa shape index (κ3) is 4.79. The Kier molecular flexibility index (Phi) is 5.85. The van der Waals surface area contributed by atoms with Crippen LogP contribution in [-0.2, 0) is 4.79 Å². The summed E-state index contributed by atoms with van der Waals surface area (Å²) >= 11 is 0. The number of benzene rings is 2. The first kappa shape index (κ1) is 19.5. The second-order valence-electron chi connectivity index (χ2n) is 7.51. The molecule has 0 spiro atoms. The lowest BCUT2D eigenvalue weighted by atomic mass is 10.2. The molecule has 4 rings (SSSR count). The number of carbonyl (C=O) groups excluding carboxylic acids is 1. The van der Waals surface area contributed by atoms with Gasteiger partial charge in [0.2, 0.25) is 5.91 Å². The molecule has 1 fully saturated rings. The van der Waals surface area contributed by atoms with E-state index in [4.69, 9.17) is 9.47 Å². The summed E-state index contributed by atoms with van der Waals surface area (Å²) in [6, 6.07) is 14.1. The van der Waals surface area contributed by atoms with Gasteiger partial charge in [-0.25, -0.2) is 4.39 Å². The second-order valence-corrected chi connectivity index (χ2v) is 7.51. The van der Waals surface area contributed by atoms with Gasteiger partial charge in [0.1, 0.15) is 12.4 Å². The lowest BCUT2D eigenvalue weighted by Gasteiger charge is -2.36. The number of nitrogens with zero attached hydrogens (tertiary/aromatic N) is 3. The quantitative estimate of drug-likeness (QED) is 0.772. The molecule has 0 bridgehead atoms. The molecule has 0 radical (unpaired) electrons. The Bertz CT molecular complexity index is 837. The Hall–Kier alpha value is -2.80. The minimum atomic E-state index is -0.225. The van der Waals surface area contributed by atoms with Crippen LogP contribution < -0.4 is 14.4 Å². The summed E-state index contributed by atoms with van der Waals surface area (Å²) in [5.41, 5.74) is 1.02. The number of likely N-dealkylation sites (N-methyl/N-ethyl adjacent to an activating group) is 1. The summed E-state index contributed by atoms with van der Waals surface area (Å²) in [7, 11) is 1.81. The molecule has 0 aromatic heterocycles. The number of hydrogen-bond donors (Lipinski definition) is 0. The van der Waals surface area contributed by atoms with Gasteiger partial charge in [-0.2, -0.15) is 0 Å². The lowest BCUT2D eigenvalue weighted by Crippen LogP contribution is -2.51. The van der Waals surface area contributed by atoms with Crippen molar-refractivity contribution >= 4 is 11.6 Å². The monoisotopic (exact) mass is 399 g/mol. The predicted molar refractivity (Wildman–Crippen MR) is 109 cm³/mol. The van der Waals surface area contributed by atoms with E-state index in [0.29, 0.717) is 19.7 Å². The molecule has 2 aliphatic rings. The molecule has 2 heterocycles. The summed E-state index contributed by atoms with van der Waals surface area (Å²) in [6.45, 7) is 4.55. The van der Waals surface area contributed by atoms with Crippen LogP contribution in [-0.4, -0.2) is 74.7 Å². The number of amides is 1. The first-order valence-electron chi connectivity index (χ1n) is 9.94. The van der Waals surface area contributed by atoms with E-state index >= 15 is 0 Å². The Morgan fingerprint density at radius 3 is 2.48 bits per heavy atom. The van der Waals surface area contributed by atoms with E-state index in [-0.39, 0.29) is 17.8 Å². The molecule has 2 aromatic rings. The molecule has 29 heavy (non-hydrogen) atoms. The molecule has 0 N–H and O–H groups in total. The average molecular weight is 399 g/mol. The lowest BCUT2D eigenvalue weighted by molar-refractivity contribution is -0.132. The van der Waals surface area contributed by atoms with Gasteiger partial charge in [0.05, 0.1) is 13.1 Å². The van der Waals surface area contributed by atoms with Gasteiger partial charge >= 0.3 is 0 Å². The SMILES string of the molecule is CN(C[C@H]1COc2ccccc2O1)C(=O)CN1CCN(c2ccc(F)cc2)CC1. The normalized spacial score (nSPS) is 19.1. The Balaban J connectivity index is 1.23. The maximum Gasteiger partial charge on any atom is 0.236 e. The molecule has 2 aromatic carbocycles. The van der Waals surface area contributed by atoms with E-state index in [9.17, 15) is 9.18 Å².